The van der Waals surface area contributed by atoms with Crippen molar-refractivity contribution >= 4 is 5.97 Å². The highest BCUT2D eigenvalue weighted by Crippen LogP contribution is 2.42. The highest BCUT2D eigenvalue weighted by molar-refractivity contribution is 5.67. The maximum atomic E-state index is 11.1. The van der Waals surface area contributed by atoms with E-state index in [4.69, 9.17) is 5.11 Å². The summed E-state index contributed by atoms with van der Waals surface area (Å²) in [6.45, 7) is 2.11. The first kappa shape index (κ1) is 13.7. The number of carboxylic acid groups (broad SMARTS) is 1. The van der Waals surface area contributed by atoms with Crippen LogP contribution in [-0.2, 0) is 11.2 Å². The first-order valence-electron chi connectivity index (χ1n) is 7.28. The number of rotatable bonds is 6. The quantitative estimate of drug-likeness (QED) is 0.881. The van der Waals surface area contributed by atoms with Crippen molar-refractivity contribution in [3.05, 3.63) is 29.8 Å². The van der Waals surface area contributed by atoms with E-state index in [2.05, 4.69) is 34.6 Å². The topological polar surface area (TPSA) is 80.9 Å². The minimum absolute atomic E-state index is 0.0652. The summed E-state index contributed by atoms with van der Waals surface area (Å²) in [4.78, 5) is 11.1. The van der Waals surface area contributed by atoms with Crippen molar-refractivity contribution in [2.45, 2.75) is 38.6 Å². The smallest absolute Gasteiger partial charge is 0.305 e. The van der Waals surface area contributed by atoms with Crippen molar-refractivity contribution in [3.63, 3.8) is 0 Å². The Balaban J connectivity index is 1.92. The van der Waals surface area contributed by atoms with Gasteiger partial charge in [-0.3, -0.25) is 4.79 Å². The number of aryl methyl sites for hydroxylation is 1. The van der Waals surface area contributed by atoms with Gasteiger partial charge in [0, 0.05) is 5.56 Å². The second kappa shape index (κ2) is 5.63. The Morgan fingerprint density at radius 2 is 2.10 bits per heavy atom. The molecule has 1 N–H and O–H groups in total. The SMILES string of the molecule is CCc1ccc(-c2nnnn2C(CC(=O)O)C2CC2)cc1. The average Bonchev–Trinajstić information content (AvgIpc) is 3.21. The molecular weight excluding hydrogens is 268 g/mol. The molecule has 6 nitrogen and oxygen atoms in total. The molecule has 1 aromatic carbocycles. The van der Waals surface area contributed by atoms with Gasteiger partial charge in [-0.15, -0.1) is 5.10 Å². The van der Waals surface area contributed by atoms with Crippen LogP contribution in [0, 0.1) is 5.92 Å². The second-order valence-electron chi connectivity index (χ2n) is 5.50. The van der Waals surface area contributed by atoms with Crippen LogP contribution < -0.4 is 0 Å². The molecule has 1 aliphatic rings. The van der Waals surface area contributed by atoms with E-state index in [1.807, 2.05) is 12.1 Å². The predicted molar refractivity (Wildman–Crippen MR) is 76.6 cm³/mol. The predicted octanol–water partition coefficient (Wildman–Crippen LogP) is 2.33. The standard InChI is InChI=1S/C15H18N4O2/c1-2-10-3-5-12(6-4-10)15-16-17-18-19(15)13(9-14(20)21)11-7-8-11/h3-6,11,13H,2,7-9H2,1H3,(H,20,21). The Kier molecular flexibility index (Phi) is 3.68. The van der Waals surface area contributed by atoms with E-state index in [1.165, 1.54) is 5.56 Å². The molecule has 1 fully saturated rings. The fourth-order valence-electron chi connectivity index (χ4n) is 2.61. The van der Waals surface area contributed by atoms with Crippen molar-refractivity contribution in [1.29, 1.82) is 0 Å². The number of nitrogens with zero attached hydrogens (tertiary/aromatic N) is 4. The number of hydrogen-bond acceptors (Lipinski definition) is 4. The number of benzene rings is 1. The fourth-order valence-corrected chi connectivity index (χ4v) is 2.61. The first-order chi connectivity index (χ1) is 10.2. The van der Waals surface area contributed by atoms with Crippen molar-refractivity contribution in [2.75, 3.05) is 0 Å². The van der Waals surface area contributed by atoms with Crippen LogP contribution in [0.5, 0.6) is 0 Å². The van der Waals surface area contributed by atoms with Gasteiger partial charge in [0.25, 0.3) is 0 Å². The third-order valence-corrected chi connectivity index (χ3v) is 3.98. The highest BCUT2D eigenvalue weighted by Gasteiger charge is 2.36. The normalized spacial score (nSPS) is 15.9. The summed E-state index contributed by atoms with van der Waals surface area (Å²) in [6.07, 6.45) is 3.14. The van der Waals surface area contributed by atoms with Gasteiger partial charge in [-0.2, -0.15) is 0 Å². The van der Waals surface area contributed by atoms with Crippen molar-refractivity contribution < 1.29 is 9.90 Å². The lowest BCUT2D eigenvalue weighted by atomic mass is 10.1. The number of hydrogen-bond donors (Lipinski definition) is 1. The largest absolute Gasteiger partial charge is 0.481 e. The summed E-state index contributed by atoms with van der Waals surface area (Å²) in [5.41, 5.74) is 2.18. The van der Waals surface area contributed by atoms with Gasteiger partial charge in [-0.1, -0.05) is 31.2 Å². The molecule has 1 atom stereocenters. The number of aromatic nitrogens is 4. The van der Waals surface area contributed by atoms with Gasteiger partial charge >= 0.3 is 5.97 Å². The molecule has 0 spiro atoms. The zero-order valence-corrected chi connectivity index (χ0v) is 11.9. The lowest BCUT2D eigenvalue weighted by Crippen LogP contribution is -2.18. The summed E-state index contributed by atoms with van der Waals surface area (Å²) < 4.78 is 1.69. The molecule has 0 radical (unpaired) electrons. The number of carboxylic acids is 1. The first-order valence-corrected chi connectivity index (χ1v) is 7.28. The van der Waals surface area contributed by atoms with Gasteiger partial charge in [0.1, 0.15) is 0 Å². The lowest BCUT2D eigenvalue weighted by Gasteiger charge is -2.15. The molecule has 2 aromatic rings. The summed E-state index contributed by atoms with van der Waals surface area (Å²) in [5.74, 6) is 0.212. The van der Waals surface area contributed by atoms with E-state index >= 15 is 0 Å². The summed E-state index contributed by atoms with van der Waals surface area (Å²) in [7, 11) is 0. The average molecular weight is 286 g/mol. The molecule has 6 heteroatoms. The van der Waals surface area contributed by atoms with Gasteiger partial charge < -0.3 is 5.11 Å². The van der Waals surface area contributed by atoms with Gasteiger partial charge in [-0.25, -0.2) is 4.68 Å². The van der Waals surface area contributed by atoms with Gasteiger partial charge in [0.15, 0.2) is 5.82 Å². The third-order valence-electron chi connectivity index (χ3n) is 3.98. The van der Waals surface area contributed by atoms with Crippen LogP contribution in [0.3, 0.4) is 0 Å². The summed E-state index contributed by atoms with van der Waals surface area (Å²) >= 11 is 0. The minimum atomic E-state index is -0.810. The molecule has 0 amide bonds. The molecule has 1 unspecified atom stereocenters. The van der Waals surface area contributed by atoms with Crippen molar-refractivity contribution in [2.24, 2.45) is 5.92 Å². The number of aliphatic carboxylic acids is 1. The molecule has 0 saturated heterocycles. The van der Waals surface area contributed by atoms with Crippen molar-refractivity contribution in [1.82, 2.24) is 20.2 Å². The fraction of sp³-hybridized carbons (Fsp3) is 0.467. The van der Waals surface area contributed by atoms with E-state index in [0.717, 1.165) is 24.8 Å². The lowest BCUT2D eigenvalue weighted by molar-refractivity contribution is -0.138. The molecule has 0 bridgehead atoms. The zero-order chi connectivity index (χ0) is 14.8. The molecule has 0 aliphatic heterocycles. The monoisotopic (exact) mass is 286 g/mol. The Morgan fingerprint density at radius 1 is 1.38 bits per heavy atom. The maximum Gasteiger partial charge on any atom is 0.305 e. The third kappa shape index (κ3) is 2.94. The van der Waals surface area contributed by atoms with E-state index in [1.54, 1.807) is 4.68 Å². The molecule has 21 heavy (non-hydrogen) atoms. The molecule has 1 aliphatic carbocycles. The Labute approximate surface area is 122 Å². The van der Waals surface area contributed by atoms with E-state index < -0.39 is 5.97 Å². The summed E-state index contributed by atoms with van der Waals surface area (Å²) in [6, 6.07) is 7.94. The molecule has 1 saturated carbocycles. The minimum Gasteiger partial charge on any atom is -0.481 e. The van der Waals surface area contributed by atoms with Crippen molar-refractivity contribution in [3.8, 4) is 11.4 Å². The van der Waals surface area contributed by atoms with Crippen LogP contribution in [0.25, 0.3) is 11.4 Å². The second-order valence-corrected chi connectivity index (χ2v) is 5.50. The zero-order valence-electron chi connectivity index (χ0n) is 11.9. The molecular formula is C15H18N4O2. The number of tetrazole rings is 1. The van der Waals surface area contributed by atoms with Crippen LogP contribution in [0.1, 0.15) is 37.8 Å². The van der Waals surface area contributed by atoms with Crippen LogP contribution in [0.4, 0.5) is 0 Å². The molecule has 1 heterocycles. The van der Waals surface area contributed by atoms with Gasteiger partial charge in [0.2, 0.25) is 0 Å². The van der Waals surface area contributed by atoms with E-state index in [-0.39, 0.29) is 12.5 Å². The Bertz CT molecular complexity index is 631. The van der Waals surface area contributed by atoms with Crippen LogP contribution in [0.15, 0.2) is 24.3 Å². The van der Waals surface area contributed by atoms with Crippen LogP contribution in [-0.4, -0.2) is 31.3 Å². The molecule has 3 rings (SSSR count). The van der Waals surface area contributed by atoms with E-state index in [0.29, 0.717) is 11.7 Å². The van der Waals surface area contributed by atoms with Gasteiger partial charge in [0.05, 0.1) is 12.5 Å². The van der Waals surface area contributed by atoms with Crippen LogP contribution in [0.2, 0.25) is 0 Å². The van der Waals surface area contributed by atoms with Gasteiger partial charge in [-0.05, 0) is 41.2 Å². The van der Waals surface area contributed by atoms with Crippen LogP contribution >= 0.6 is 0 Å². The Morgan fingerprint density at radius 3 is 2.67 bits per heavy atom. The maximum absolute atomic E-state index is 11.1. The molecule has 1 aromatic heterocycles. The van der Waals surface area contributed by atoms with E-state index in [9.17, 15) is 4.79 Å². The summed E-state index contributed by atoms with van der Waals surface area (Å²) in [5, 5.41) is 21.0. The number of carbonyl (C=O) groups is 1. The molecule has 110 valence electrons. The highest BCUT2D eigenvalue weighted by atomic mass is 16.4. The Hall–Kier alpha value is -2.24.